The molecule has 0 saturated heterocycles. The van der Waals surface area contributed by atoms with E-state index in [-0.39, 0.29) is 17.3 Å². The topological polar surface area (TPSA) is 54.5 Å². The van der Waals surface area contributed by atoms with Gasteiger partial charge in [-0.1, -0.05) is 0 Å². The lowest BCUT2D eigenvalue weighted by molar-refractivity contribution is -0.0486. The minimum atomic E-state index is -5.43. The molecule has 0 amide bonds. The van der Waals surface area contributed by atoms with Crippen molar-refractivity contribution in [3.8, 4) is 0 Å². The zero-order valence-electron chi connectivity index (χ0n) is 8.90. The van der Waals surface area contributed by atoms with Crippen LogP contribution in [0.2, 0.25) is 0 Å². The number of thiophene rings is 1. The molecule has 0 aromatic carbocycles. The number of Topliss-reactive ketones (excluding diaryl/α,β-unsaturated/α-hetero) is 1. The van der Waals surface area contributed by atoms with Gasteiger partial charge in [0.2, 0.25) is 0 Å². The molecule has 0 atom stereocenters. The number of carbonyl (C=O) groups is 1. The number of ketones is 1. The summed E-state index contributed by atoms with van der Waals surface area (Å²) in [6, 6.07) is 1.51. The van der Waals surface area contributed by atoms with Gasteiger partial charge >= 0.3 is 15.5 Å². The highest BCUT2D eigenvalue weighted by molar-refractivity contribution is 7.90. The number of fused-ring (bicyclic) bond motifs is 1. The van der Waals surface area contributed by atoms with Crippen LogP contribution in [0.15, 0.2) is 11.4 Å². The molecule has 0 N–H and O–H groups in total. The Bertz CT molecular complexity index is 576. The summed E-state index contributed by atoms with van der Waals surface area (Å²) >= 11 is 1.24. The van der Waals surface area contributed by atoms with E-state index in [2.05, 4.69) is 0 Å². The van der Waals surface area contributed by atoms with Crippen LogP contribution in [-0.4, -0.2) is 37.1 Å². The highest BCUT2D eigenvalue weighted by Crippen LogP contribution is 2.29. The average Bonchev–Trinajstić information content (AvgIpc) is 2.64. The molecule has 1 aliphatic heterocycles. The zero-order valence-corrected chi connectivity index (χ0v) is 10.5. The summed E-state index contributed by atoms with van der Waals surface area (Å²) in [7, 11) is -5.43. The van der Waals surface area contributed by atoms with Crippen molar-refractivity contribution < 1.29 is 26.4 Å². The van der Waals surface area contributed by atoms with Gasteiger partial charge in [0.1, 0.15) is 0 Å². The minimum absolute atomic E-state index is 0.119. The third-order valence-corrected chi connectivity index (χ3v) is 5.14. The fourth-order valence-corrected chi connectivity index (χ4v) is 3.48. The first-order chi connectivity index (χ1) is 8.23. The predicted octanol–water partition coefficient (Wildman–Crippen LogP) is 1.64. The van der Waals surface area contributed by atoms with Crippen molar-refractivity contribution in [2.24, 2.45) is 0 Å². The smallest absolute Gasteiger partial charge is 0.293 e. The number of carbonyl (C=O) groups excluding carboxylic acids is 1. The van der Waals surface area contributed by atoms with Crippen molar-refractivity contribution in [1.29, 1.82) is 0 Å². The number of hydrogen-bond acceptors (Lipinski definition) is 4. The number of nitrogens with zero attached hydrogens (tertiary/aromatic N) is 1. The van der Waals surface area contributed by atoms with Crippen LogP contribution in [0.25, 0.3) is 0 Å². The van der Waals surface area contributed by atoms with Gasteiger partial charge in [-0.15, -0.1) is 11.3 Å². The van der Waals surface area contributed by atoms with Crippen LogP contribution in [0, 0.1) is 0 Å². The van der Waals surface area contributed by atoms with Crippen molar-refractivity contribution in [3.05, 3.63) is 21.9 Å². The number of alkyl halides is 3. The number of rotatable bonds is 1. The van der Waals surface area contributed by atoms with Crippen LogP contribution in [0.4, 0.5) is 13.2 Å². The maximum Gasteiger partial charge on any atom is 0.511 e. The van der Waals surface area contributed by atoms with E-state index in [1.807, 2.05) is 0 Å². The summed E-state index contributed by atoms with van der Waals surface area (Å²) in [6.45, 7) is -1.09. The standard InChI is InChI=1S/C9H8F3NO3S2/c10-9(11,12)18(15,16)13-3-1-8-6(2-4-17-8)7(14)5-13/h2,4H,1,3,5H2. The molecule has 4 nitrogen and oxygen atoms in total. The second kappa shape index (κ2) is 4.32. The molecule has 0 bridgehead atoms. The van der Waals surface area contributed by atoms with Crippen molar-refractivity contribution in [2.45, 2.75) is 11.9 Å². The third kappa shape index (κ3) is 2.17. The van der Waals surface area contributed by atoms with Crippen LogP contribution in [0.1, 0.15) is 15.2 Å². The molecule has 0 aliphatic carbocycles. The molecular weight excluding hydrogens is 291 g/mol. The summed E-state index contributed by atoms with van der Waals surface area (Å²) in [6.07, 6.45) is 0.119. The molecule has 0 unspecified atom stereocenters. The van der Waals surface area contributed by atoms with Crippen molar-refractivity contribution >= 4 is 27.1 Å². The van der Waals surface area contributed by atoms with Gasteiger partial charge in [-0.3, -0.25) is 4.79 Å². The lowest BCUT2D eigenvalue weighted by Crippen LogP contribution is -2.43. The summed E-state index contributed by atoms with van der Waals surface area (Å²) in [4.78, 5) is 12.3. The first-order valence-electron chi connectivity index (χ1n) is 4.89. The zero-order chi connectivity index (χ0) is 13.6. The van der Waals surface area contributed by atoms with E-state index in [9.17, 15) is 26.4 Å². The van der Waals surface area contributed by atoms with Crippen LogP contribution in [0.5, 0.6) is 0 Å². The monoisotopic (exact) mass is 299 g/mol. The van der Waals surface area contributed by atoms with E-state index in [4.69, 9.17) is 0 Å². The Balaban J connectivity index is 2.32. The van der Waals surface area contributed by atoms with E-state index in [1.165, 1.54) is 17.4 Å². The van der Waals surface area contributed by atoms with Crippen LogP contribution < -0.4 is 0 Å². The number of halogens is 3. The largest absolute Gasteiger partial charge is 0.511 e. The molecule has 0 radical (unpaired) electrons. The summed E-state index contributed by atoms with van der Waals surface area (Å²) < 4.78 is 59.8. The summed E-state index contributed by atoms with van der Waals surface area (Å²) in [5.41, 5.74) is -5.05. The van der Waals surface area contributed by atoms with Crippen LogP contribution in [-0.2, 0) is 16.4 Å². The Kier molecular flexibility index (Phi) is 3.24. The van der Waals surface area contributed by atoms with Gasteiger partial charge in [-0.25, -0.2) is 8.42 Å². The molecule has 2 heterocycles. The number of hydrogen-bond donors (Lipinski definition) is 0. The lowest BCUT2D eigenvalue weighted by atomic mass is 10.1. The van der Waals surface area contributed by atoms with E-state index in [1.54, 1.807) is 5.38 Å². The second-order valence-corrected chi connectivity index (χ2v) is 6.65. The molecule has 100 valence electrons. The van der Waals surface area contributed by atoms with Gasteiger partial charge in [-0.2, -0.15) is 17.5 Å². The Morgan fingerprint density at radius 2 is 2.00 bits per heavy atom. The van der Waals surface area contributed by atoms with Crippen molar-refractivity contribution in [2.75, 3.05) is 13.1 Å². The normalized spacial score (nSPS) is 18.5. The van der Waals surface area contributed by atoms with E-state index in [0.29, 0.717) is 10.4 Å². The lowest BCUT2D eigenvalue weighted by Gasteiger charge is -2.20. The highest BCUT2D eigenvalue weighted by atomic mass is 32.2. The molecule has 0 fully saturated rings. The Hall–Kier alpha value is -0.930. The van der Waals surface area contributed by atoms with Gasteiger partial charge in [-0.05, 0) is 17.9 Å². The molecular formula is C9H8F3NO3S2. The highest BCUT2D eigenvalue weighted by Gasteiger charge is 2.50. The van der Waals surface area contributed by atoms with E-state index < -0.39 is 27.9 Å². The second-order valence-electron chi connectivity index (χ2n) is 3.71. The fourth-order valence-electron chi connectivity index (χ4n) is 1.68. The maximum absolute atomic E-state index is 12.4. The molecule has 1 aromatic heterocycles. The van der Waals surface area contributed by atoms with Crippen LogP contribution in [0.3, 0.4) is 0 Å². The molecule has 1 aliphatic rings. The number of sulfonamides is 1. The molecule has 9 heteroatoms. The maximum atomic E-state index is 12.4. The Labute approximate surface area is 105 Å². The molecule has 0 saturated carbocycles. The first kappa shape index (κ1) is 13.5. The SMILES string of the molecule is O=C1CN(S(=O)(=O)C(F)(F)F)CCc2sccc21. The van der Waals surface area contributed by atoms with Gasteiger partial charge in [0, 0.05) is 17.0 Å². The quantitative estimate of drug-likeness (QED) is 0.792. The van der Waals surface area contributed by atoms with Gasteiger partial charge in [0.05, 0.1) is 6.54 Å². The summed E-state index contributed by atoms with van der Waals surface area (Å²) in [5, 5.41) is 1.66. The van der Waals surface area contributed by atoms with Gasteiger partial charge < -0.3 is 0 Å². The van der Waals surface area contributed by atoms with Crippen molar-refractivity contribution in [3.63, 3.8) is 0 Å². The fraction of sp³-hybridized carbons (Fsp3) is 0.444. The Morgan fingerprint density at radius 3 is 2.61 bits per heavy atom. The average molecular weight is 299 g/mol. The third-order valence-electron chi connectivity index (χ3n) is 2.59. The first-order valence-corrected chi connectivity index (χ1v) is 7.21. The molecule has 2 rings (SSSR count). The van der Waals surface area contributed by atoms with Gasteiger partial charge in [0.25, 0.3) is 0 Å². The predicted molar refractivity (Wildman–Crippen MR) is 58.9 cm³/mol. The van der Waals surface area contributed by atoms with Crippen molar-refractivity contribution in [1.82, 2.24) is 4.31 Å². The van der Waals surface area contributed by atoms with E-state index in [0.717, 1.165) is 0 Å². The van der Waals surface area contributed by atoms with E-state index >= 15 is 0 Å². The Morgan fingerprint density at radius 1 is 1.33 bits per heavy atom. The molecule has 18 heavy (non-hydrogen) atoms. The summed E-state index contributed by atoms with van der Waals surface area (Å²) in [5.74, 6) is -0.600. The molecule has 1 aromatic rings. The van der Waals surface area contributed by atoms with Crippen LogP contribution >= 0.6 is 11.3 Å². The minimum Gasteiger partial charge on any atom is -0.293 e. The van der Waals surface area contributed by atoms with Gasteiger partial charge in [0.15, 0.2) is 5.78 Å². The molecule has 0 spiro atoms.